The number of rotatable bonds is 5. The Kier molecular flexibility index (Phi) is 3.88. The standard InChI is InChI=1S/C16H17N7O2/c1-23-13(6-7-19-23)12-4-5-14(22-21-12)20-16(24)18-9-11-8-17-15(25-11)10-2-3-10/h4-8,10H,2-3,9H2,1H3,(H2,18,20,22,24). The third kappa shape index (κ3) is 3.49. The van der Waals surface area contributed by atoms with Crippen molar-refractivity contribution >= 4 is 11.8 Å². The van der Waals surface area contributed by atoms with Crippen LogP contribution in [0.3, 0.4) is 0 Å². The van der Waals surface area contributed by atoms with E-state index in [9.17, 15) is 4.79 Å². The lowest BCUT2D eigenvalue weighted by molar-refractivity contribution is 0.250. The largest absolute Gasteiger partial charge is 0.444 e. The van der Waals surface area contributed by atoms with Crippen LogP contribution >= 0.6 is 0 Å². The van der Waals surface area contributed by atoms with Gasteiger partial charge in [-0.2, -0.15) is 5.10 Å². The number of anilines is 1. The third-order valence-electron chi connectivity index (χ3n) is 3.91. The van der Waals surface area contributed by atoms with Crippen molar-refractivity contribution in [2.45, 2.75) is 25.3 Å². The van der Waals surface area contributed by atoms with E-state index in [1.807, 2.05) is 13.1 Å². The highest BCUT2D eigenvalue weighted by atomic mass is 16.4. The average Bonchev–Trinajstić information content (AvgIpc) is 3.20. The number of aromatic nitrogens is 5. The topological polar surface area (TPSA) is 111 Å². The van der Waals surface area contributed by atoms with Gasteiger partial charge >= 0.3 is 6.03 Å². The summed E-state index contributed by atoms with van der Waals surface area (Å²) in [7, 11) is 1.83. The summed E-state index contributed by atoms with van der Waals surface area (Å²) in [5, 5.41) is 17.5. The lowest BCUT2D eigenvalue weighted by Gasteiger charge is -2.06. The Morgan fingerprint density at radius 3 is 2.88 bits per heavy atom. The zero-order valence-corrected chi connectivity index (χ0v) is 13.6. The summed E-state index contributed by atoms with van der Waals surface area (Å²) in [6.45, 7) is 0.270. The first-order valence-electron chi connectivity index (χ1n) is 8.00. The minimum atomic E-state index is -0.382. The maximum absolute atomic E-state index is 11.9. The summed E-state index contributed by atoms with van der Waals surface area (Å²) in [5.74, 6) is 2.21. The van der Waals surface area contributed by atoms with E-state index < -0.39 is 0 Å². The Labute approximate surface area is 143 Å². The molecule has 9 heteroatoms. The van der Waals surface area contributed by atoms with E-state index in [2.05, 4.69) is 30.9 Å². The average molecular weight is 339 g/mol. The molecule has 1 fully saturated rings. The molecule has 25 heavy (non-hydrogen) atoms. The molecule has 0 unspecified atom stereocenters. The van der Waals surface area contributed by atoms with Crippen LogP contribution in [-0.2, 0) is 13.6 Å². The molecule has 1 aliphatic carbocycles. The molecule has 2 N–H and O–H groups in total. The van der Waals surface area contributed by atoms with Crippen LogP contribution in [0, 0.1) is 0 Å². The summed E-state index contributed by atoms with van der Waals surface area (Å²) in [6, 6.07) is 4.93. The van der Waals surface area contributed by atoms with E-state index in [4.69, 9.17) is 4.42 Å². The lowest BCUT2D eigenvalue weighted by atomic mass is 10.3. The number of carbonyl (C=O) groups excluding carboxylic acids is 1. The Morgan fingerprint density at radius 1 is 1.32 bits per heavy atom. The predicted octanol–water partition coefficient (Wildman–Crippen LogP) is 2.06. The van der Waals surface area contributed by atoms with Gasteiger partial charge in [-0.15, -0.1) is 10.2 Å². The van der Waals surface area contributed by atoms with Crippen LogP contribution in [0.15, 0.2) is 35.0 Å². The van der Waals surface area contributed by atoms with Gasteiger partial charge < -0.3 is 9.73 Å². The summed E-state index contributed by atoms with van der Waals surface area (Å²) >= 11 is 0. The molecule has 0 radical (unpaired) electrons. The van der Waals surface area contributed by atoms with Gasteiger partial charge in [-0.25, -0.2) is 9.78 Å². The van der Waals surface area contributed by atoms with Crippen LogP contribution in [0.25, 0.3) is 11.4 Å². The number of nitrogens with zero attached hydrogens (tertiary/aromatic N) is 5. The molecule has 0 aliphatic heterocycles. The number of hydrogen-bond acceptors (Lipinski definition) is 6. The second-order valence-corrected chi connectivity index (χ2v) is 5.89. The molecule has 0 bridgehead atoms. The monoisotopic (exact) mass is 339 g/mol. The molecular weight excluding hydrogens is 322 g/mol. The van der Waals surface area contributed by atoms with Gasteiger partial charge in [0, 0.05) is 19.2 Å². The molecule has 1 aliphatic rings. The smallest absolute Gasteiger partial charge is 0.320 e. The fraction of sp³-hybridized carbons (Fsp3) is 0.312. The van der Waals surface area contributed by atoms with Gasteiger partial charge in [-0.3, -0.25) is 10.00 Å². The van der Waals surface area contributed by atoms with E-state index in [1.165, 1.54) is 0 Å². The molecule has 3 heterocycles. The van der Waals surface area contributed by atoms with Crippen molar-refractivity contribution in [1.82, 2.24) is 30.3 Å². The molecular formula is C16H17N7O2. The van der Waals surface area contributed by atoms with Gasteiger partial charge in [-0.1, -0.05) is 0 Å². The first kappa shape index (κ1) is 15.3. The number of nitrogens with one attached hydrogen (secondary N) is 2. The number of amides is 2. The summed E-state index contributed by atoms with van der Waals surface area (Å²) in [4.78, 5) is 16.2. The maximum atomic E-state index is 11.9. The number of carbonyl (C=O) groups is 1. The zero-order valence-electron chi connectivity index (χ0n) is 13.6. The van der Waals surface area contributed by atoms with Gasteiger partial charge in [0.25, 0.3) is 0 Å². The van der Waals surface area contributed by atoms with Crippen molar-refractivity contribution in [3.05, 3.63) is 42.2 Å². The van der Waals surface area contributed by atoms with Gasteiger partial charge in [-0.05, 0) is 31.0 Å². The van der Waals surface area contributed by atoms with E-state index >= 15 is 0 Å². The van der Waals surface area contributed by atoms with Gasteiger partial charge in [0.15, 0.2) is 11.7 Å². The fourth-order valence-electron chi connectivity index (χ4n) is 2.41. The Bertz CT molecular complexity index is 880. The highest BCUT2D eigenvalue weighted by Gasteiger charge is 2.28. The van der Waals surface area contributed by atoms with Gasteiger partial charge in [0.1, 0.15) is 11.5 Å². The first-order chi connectivity index (χ1) is 12.2. The molecule has 1 saturated carbocycles. The summed E-state index contributed by atoms with van der Waals surface area (Å²) in [6.07, 6.45) is 5.59. The number of urea groups is 1. The highest BCUT2D eigenvalue weighted by molar-refractivity contribution is 5.88. The molecule has 3 aromatic rings. The van der Waals surface area contributed by atoms with Crippen LogP contribution in [0.1, 0.15) is 30.4 Å². The molecule has 128 valence electrons. The number of aryl methyl sites for hydroxylation is 1. The Hall–Kier alpha value is -3.23. The quantitative estimate of drug-likeness (QED) is 0.736. The fourth-order valence-corrected chi connectivity index (χ4v) is 2.41. The van der Waals surface area contributed by atoms with Gasteiger partial charge in [0.05, 0.1) is 18.4 Å². The van der Waals surface area contributed by atoms with E-state index in [-0.39, 0.29) is 12.6 Å². The highest BCUT2D eigenvalue weighted by Crippen LogP contribution is 2.39. The zero-order chi connectivity index (χ0) is 17.2. The molecule has 9 nitrogen and oxygen atoms in total. The van der Waals surface area contributed by atoms with E-state index in [1.54, 1.807) is 29.2 Å². The predicted molar refractivity (Wildman–Crippen MR) is 88.6 cm³/mol. The first-order valence-corrected chi connectivity index (χ1v) is 8.00. The Morgan fingerprint density at radius 2 is 2.20 bits per heavy atom. The number of oxazole rings is 1. The van der Waals surface area contributed by atoms with E-state index in [0.717, 1.165) is 24.4 Å². The second-order valence-electron chi connectivity index (χ2n) is 5.89. The lowest BCUT2D eigenvalue weighted by Crippen LogP contribution is -2.28. The molecule has 3 aromatic heterocycles. The molecule has 0 spiro atoms. The molecule has 4 rings (SSSR count). The van der Waals surface area contributed by atoms with Crippen LogP contribution in [-0.4, -0.2) is 31.0 Å². The van der Waals surface area contributed by atoms with Crippen LogP contribution in [0.5, 0.6) is 0 Å². The SMILES string of the molecule is Cn1nccc1-c1ccc(NC(=O)NCc2cnc(C3CC3)o2)nn1. The van der Waals surface area contributed by atoms with Crippen LogP contribution < -0.4 is 10.6 Å². The third-order valence-corrected chi connectivity index (χ3v) is 3.91. The van der Waals surface area contributed by atoms with Crippen molar-refractivity contribution in [3.8, 4) is 11.4 Å². The van der Waals surface area contributed by atoms with Crippen molar-refractivity contribution < 1.29 is 9.21 Å². The Balaban J connectivity index is 1.31. The minimum absolute atomic E-state index is 0.270. The maximum Gasteiger partial charge on any atom is 0.320 e. The second kappa shape index (κ2) is 6.34. The van der Waals surface area contributed by atoms with Crippen LogP contribution in [0.2, 0.25) is 0 Å². The molecule has 2 amide bonds. The summed E-state index contributed by atoms with van der Waals surface area (Å²) < 4.78 is 7.29. The van der Waals surface area contributed by atoms with Crippen molar-refractivity contribution in [2.75, 3.05) is 5.32 Å². The summed E-state index contributed by atoms with van der Waals surface area (Å²) in [5.41, 5.74) is 1.53. The van der Waals surface area contributed by atoms with Crippen LogP contribution in [0.4, 0.5) is 10.6 Å². The van der Waals surface area contributed by atoms with E-state index in [0.29, 0.717) is 23.2 Å². The number of hydrogen-bond donors (Lipinski definition) is 2. The van der Waals surface area contributed by atoms with Gasteiger partial charge in [0.2, 0.25) is 0 Å². The molecule has 0 aromatic carbocycles. The van der Waals surface area contributed by atoms with Crippen molar-refractivity contribution in [3.63, 3.8) is 0 Å². The van der Waals surface area contributed by atoms with Crippen molar-refractivity contribution in [1.29, 1.82) is 0 Å². The molecule has 0 saturated heterocycles. The minimum Gasteiger partial charge on any atom is -0.444 e. The normalized spacial score (nSPS) is 13.6. The molecule has 0 atom stereocenters. The van der Waals surface area contributed by atoms with Crippen molar-refractivity contribution in [2.24, 2.45) is 7.05 Å².